The number of alkyl halides is 9. The van der Waals surface area contributed by atoms with Crippen LogP contribution in [-0.2, 0) is 13.7 Å². The van der Waals surface area contributed by atoms with Crippen LogP contribution in [0.15, 0.2) is 28.7 Å². The lowest BCUT2D eigenvalue weighted by Crippen LogP contribution is -2.63. The van der Waals surface area contributed by atoms with Crippen LogP contribution in [0, 0.1) is 0 Å². The summed E-state index contributed by atoms with van der Waals surface area (Å²) in [6.45, 7) is 0. The molecule has 0 aromatic heterocycles. The highest BCUT2D eigenvalue weighted by Crippen LogP contribution is 2.57. The summed E-state index contributed by atoms with van der Waals surface area (Å²) in [6, 6.07) is 5.07. The van der Waals surface area contributed by atoms with Gasteiger partial charge in [0.05, 0.1) is 0 Å². The summed E-state index contributed by atoms with van der Waals surface area (Å²) in [5, 5.41) is -6.94. The molecule has 164 valence electrons. The highest BCUT2D eigenvalue weighted by atomic mass is 79.9. The monoisotopic (exact) mass is 532 g/mol. The summed E-state index contributed by atoms with van der Waals surface area (Å²) in [7, 11) is -10.7. The lowest BCUT2D eigenvalue weighted by molar-refractivity contribution is -0.382. The van der Waals surface area contributed by atoms with Gasteiger partial charge in [0.15, 0.2) is 5.75 Å². The van der Waals surface area contributed by atoms with Gasteiger partial charge in [-0.15, -0.1) is 14.2 Å². The SMILES string of the molecule is CS(C)(Oc1ccc(Br)cc1)OS(=O)(=O)C(F)(F)C(F)(F)C(F)(F)C(F)(F)F. The zero-order valence-electron chi connectivity index (χ0n) is 13.5. The van der Waals surface area contributed by atoms with E-state index in [0.29, 0.717) is 17.0 Å². The van der Waals surface area contributed by atoms with E-state index in [4.69, 9.17) is 4.18 Å². The minimum atomic E-state index is -7.37. The fourth-order valence-corrected chi connectivity index (χ4v) is 4.97. The topological polar surface area (TPSA) is 52.6 Å². The average Bonchev–Trinajstić information content (AvgIpc) is 2.46. The van der Waals surface area contributed by atoms with Crippen LogP contribution < -0.4 is 4.18 Å². The molecule has 4 nitrogen and oxygen atoms in total. The molecule has 0 saturated carbocycles. The Kier molecular flexibility index (Phi) is 6.68. The van der Waals surface area contributed by atoms with Crippen LogP contribution in [0.2, 0.25) is 0 Å². The molecule has 0 atom stereocenters. The summed E-state index contributed by atoms with van der Waals surface area (Å²) < 4.78 is 148. The van der Waals surface area contributed by atoms with Gasteiger partial charge in [0.25, 0.3) is 0 Å². The van der Waals surface area contributed by atoms with Crippen LogP contribution in [0.3, 0.4) is 0 Å². The number of halogens is 10. The van der Waals surface area contributed by atoms with Crippen molar-refractivity contribution < 1.29 is 55.7 Å². The van der Waals surface area contributed by atoms with Gasteiger partial charge in [0, 0.05) is 17.0 Å². The lowest BCUT2D eigenvalue weighted by Gasteiger charge is -2.38. The first kappa shape index (κ1) is 25.2. The smallest absolute Gasteiger partial charge is 0.391 e. The quantitative estimate of drug-likeness (QED) is 0.435. The van der Waals surface area contributed by atoms with E-state index in [-0.39, 0.29) is 5.75 Å². The standard InChI is InChI=1S/C12H10BrF9O4S2/c1-27(2,25-8-5-3-7(13)4-6-8)26-28(23,24)12(21,22)10(16,17)9(14,15)11(18,19)20/h3-6H,1-2H3. The van der Waals surface area contributed by atoms with Crippen molar-refractivity contribution in [2.24, 2.45) is 0 Å². The van der Waals surface area contributed by atoms with Gasteiger partial charge in [0.2, 0.25) is 0 Å². The number of hydrogen-bond acceptors (Lipinski definition) is 4. The zero-order valence-corrected chi connectivity index (χ0v) is 16.8. The Hall–Kier alpha value is -0.870. The molecule has 0 aliphatic carbocycles. The third kappa shape index (κ3) is 4.64. The first-order valence-electron chi connectivity index (χ1n) is 6.52. The van der Waals surface area contributed by atoms with E-state index >= 15 is 0 Å². The minimum Gasteiger partial charge on any atom is -0.391 e. The van der Waals surface area contributed by atoms with Crippen molar-refractivity contribution in [2.45, 2.75) is 23.3 Å². The molecule has 0 saturated heterocycles. The molecule has 1 aromatic rings. The van der Waals surface area contributed by atoms with Crippen LogP contribution in [0.25, 0.3) is 0 Å². The second-order valence-corrected chi connectivity index (χ2v) is 10.7. The van der Waals surface area contributed by atoms with Gasteiger partial charge in [-0.2, -0.15) is 47.9 Å². The van der Waals surface area contributed by atoms with E-state index in [1.807, 2.05) is 0 Å². The molecule has 16 heteroatoms. The molecule has 0 radical (unpaired) electrons. The summed E-state index contributed by atoms with van der Waals surface area (Å²) in [5.74, 6) is -14.9. The molecule has 0 heterocycles. The molecule has 0 spiro atoms. The predicted molar refractivity (Wildman–Crippen MR) is 85.1 cm³/mol. The van der Waals surface area contributed by atoms with Crippen molar-refractivity contribution in [3.8, 4) is 5.75 Å². The summed E-state index contributed by atoms with van der Waals surface area (Å²) in [4.78, 5) is 0. The Morgan fingerprint density at radius 2 is 1.25 bits per heavy atom. The van der Waals surface area contributed by atoms with Gasteiger partial charge in [0.1, 0.15) is 0 Å². The maximum atomic E-state index is 13.6. The Balaban J connectivity index is 3.23. The second-order valence-electron chi connectivity index (χ2n) is 5.37. The van der Waals surface area contributed by atoms with E-state index < -0.39 is 44.0 Å². The van der Waals surface area contributed by atoms with Crippen molar-refractivity contribution in [3.63, 3.8) is 0 Å². The van der Waals surface area contributed by atoms with Crippen LogP contribution in [0.4, 0.5) is 39.5 Å². The average molecular weight is 533 g/mol. The van der Waals surface area contributed by atoms with Crippen LogP contribution >= 0.6 is 26.5 Å². The highest BCUT2D eigenvalue weighted by Gasteiger charge is 2.86. The zero-order chi connectivity index (χ0) is 22.4. The molecule has 0 fully saturated rings. The Bertz CT molecular complexity index is 807. The third-order valence-corrected chi connectivity index (χ3v) is 6.83. The molecule has 0 unspecified atom stereocenters. The number of hydrogen-bond donors (Lipinski definition) is 0. The molecule has 1 rings (SSSR count). The summed E-state index contributed by atoms with van der Waals surface area (Å²) >= 11 is 3.04. The van der Waals surface area contributed by atoms with Crippen molar-refractivity contribution in [1.29, 1.82) is 0 Å². The Morgan fingerprint density at radius 3 is 1.64 bits per heavy atom. The molecule has 1 aromatic carbocycles. The fourth-order valence-electron chi connectivity index (χ4n) is 1.51. The van der Waals surface area contributed by atoms with Crippen LogP contribution in [0.5, 0.6) is 5.75 Å². The fraction of sp³-hybridized carbons (Fsp3) is 0.500. The third-order valence-electron chi connectivity index (χ3n) is 2.79. The highest BCUT2D eigenvalue weighted by molar-refractivity contribution is 9.10. The van der Waals surface area contributed by atoms with Crippen molar-refractivity contribution in [3.05, 3.63) is 28.7 Å². The first-order chi connectivity index (χ1) is 12.2. The van der Waals surface area contributed by atoms with E-state index in [2.05, 4.69) is 19.6 Å². The van der Waals surface area contributed by atoms with Gasteiger partial charge >= 0.3 is 33.4 Å². The molecular formula is C12H10BrF9O4S2. The molecule has 0 aliphatic rings. The lowest BCUT2D eigenvalue weighted by atomic mass is 10.1. The van der Waals surface area contributed by atoms with Crippen molar-refractivity contribution in [1.82, 2.24) is 0 Å². The number of rotatable bonds is 7. The molecule has 0 bridgehead atoms. The predicted octanol–water partition coefficient (Wildman–Crippen LogP) is 5.49. The normalized spacial score (nSPS) is 15.4. The summed E-state index contributed by atoms with van der Waals surface area (Å²) in [6.07, 6.45) is -5.74. The second kappa shape index (κ2) is 7.43. The Morgan fingerprint density at radius 1 is 0.821 bits per heavy atom. The van der Waals surface area contributed by atoms with Gasteiger partial charge < -0.3 is 4.18 Å². The molecule has 28 heavy (non-hydrogen) atoms. The van der Waals surface area contributed by atoms with Crippen LogP contribution in [0.1, 0.15) is 0 Å². The summed E-state index contributed by atoms with van der Waals surface area (Å²) in [5.41, 5.74) is 0. The maximum Gasteiger partial charge on any atom is 0.460 e. The van der Waals surface area contributed by atoms with Gasteiger partial charge in [-0.05, 0) is 24.3 Å². The number of benzene rings is 1. The van der Waals surface area contributed by atoms with E-state index in [0.717, 1.165) is 0 Å². The molecule has 0 amide bonds. The van der Waals surface area contributed by atoms with Gasteiger partial charge in [-0.1, -0.05) is 15.9 Å². The minimum absolute atomic E-state index is 0.186. The largest absolute Gasteiger partial charge is 0.460 e. The van der Waals surface area contributed by atoms with Crippen molar-refractivity contribution in [2.75, 3.05) is 12.5 Å². The van der Waals surface area contributed by atoms with E-state index in [9.17, 15) is 47.9 Å². The molecule has 0 N–H and O–H groups in total. The maximum absolute atomic E-state index is 13.6. The van der Waals surface area contributed by atoms with E-state index in [1.54, 1.807) is 0 Å². The van der Waals surface area contributed by atoms with Crippen LogP contribution in [-0.4, -0.2) is 44.2 Å². The molecule has 0 aliphatic heterocycles. The van der Waals surface area contributed by atoms with Crippen molar-refractivity contribution >= 4 is 36.6 Å². The van der Waals surface area contributed by atoms with Gasteiger partial charge in [-0.3, -0.25) is 0 Å². The Labute approximate surface area is 163 Å². The first-order valence-corrected chi connectivity index (χ1v) is 11.0. The van der Waals surface area contributed by atoms with E-state index in [1.165, 1.54) is 24.3 Å². The van der Waals surface area contributed by atoms with Gasteiger partial charge in [-0.25, -0.2) is 0 Å². The molecular weight excluding hydrogens is 523 g/mol.